The highest BCUT2D eigenvalue weighted by molar-refractivity contribution is 6.40. The van der Waals surface area contributed by atoms with Gasteiger partial charge in [-0.25, -0.2) is 9.69 Å². The molecule has 1 heterocycles. The lowest BCUT2D eigenvalue weighted by molar-refractivity contribution is -0.122. The van der Waals surface area contributed by atoms with Crippen molar-refractivity contribution in [1.82, 2.24) is 0 Å². The Labute approximate surface area is 128 Å². The van der Waals surface area contributed by atoms with Crippen molar-refractivity contribution in [1.29, 1.82) is 0 Å². The van der Waals surface area contributed by atoms with Crippen LogP contribution >= 0.6 is 0 Å². The molecule has 1 aromatic rings. The fourth-order valence-electron chi connectivity index (χ4n) is 2.45. The van der Waals surface area contributed by atoms with Gasteiger partial charge in [-0.3, -0.25) is 9.59 Å². The molecule has 0 N–H and O–H groups in total. The molecule has 0 atom stereocenters. The summed E-state index contributed by atoms with van der Waals surface area (Å²) >= 11 is 0. The maximum absolute atomic E-state index is 12.5. The number of benzene rings is 1. The molecule has 2 rings (SSSR count). The number of ether oxygens (including phenoxy) is 2. The van der Waals surface area contributed by atoms with E-state index in [0.717, 1.165) is 4.90 Å². The van der Waals surface area contributed by atoms with Crippen molar-refractivity contribution in [3.63, 3.8) is 0 Å². The van der Waals surface area contributed by atoms with Gasteiger partial charge in [-0.05, 0) is 32.0 Å². The van der Waals surface area contributed by atoms with Gasteiger partial charge in [-0.15, -0.1) is 0 Å². The monoisotopic (exact) mass is 303 g/mol. The Morgan fingerprint density at radius 1 is 1.23 bits per heavy atom. The number of rotatable bonds is 3. The van der Waals surface area contributed by atoms with Gasteiger partial charge in [0.15, 0.2) is 0 Å². The van der Waals surface area contributed by atoms with Gasteiger partial charge in [0.2, 0.25) is 5.91 Å². The molecule has 0 bridgehead atoms. The van der Waals surface area contributed by atoms with Crippen LogP contribution in [-0.2, 0) is 19.1 Å². The fourth-order valence-corrected chi connectivity index (χ4v) is 2.45. The number of nitrogens with zero attached hydrogens (tertiary/aromatic N) is 1. The van der Waals surface area contributed by atoms with Crippen LogP contribution in [0.3, 0.4) is 0 Å². The van der Waals surface area contributed by atoms with Gasteiger partial charge < -0.3 is 9.47 Å². The maximum atomic E-state index is 12.5. The molecule has 0 saturated carbocycles. The van der Waals surface area contributed by atoms with Crippen molar-refractivity contribution in [2.75, 3.05) is 18.6 Å². The summed E-state index contributed by atoms with van der Waals surface area (Å²) in [6, 6.07) is 4.62. The average Bonchev–Trinajstić information content (AvgIpc) is 2.77. The molecule has 0 radical (unpaired) electrons. The molecule has 0 aliphatic carbocycles. The van der Waals surface area contributed by atoms with Crippen molar-refractivity contribution in [2.24, 2.45) is 0 Å². The molecule has 6 heteroatoms. The van der Waals surface area contributed by atoms with E-state index in [9.17, 15) is 14.4 Å². The van der Waals surface area contributed by atoms with Crippen LogP contribution < -0.4 is 4.90 Å². The van der Waals surface area contributed by atoms with E-state index in [4.69, 9.17) is 4.74 Å². The van der Waals surface area contributed by atoms with Crippen LogP contribution in [-0.4, -0.2) is 31.5 Å². The van der Waals surface area contributed by atoms with Gasteiger partial charge in [0, 0.05) is 12.5 Å². The number of imide groups is 1. The van der Waals surface area contributed by atoms with Gasteiger partial charge in [0.1, 0.15) is 5.76 Å². The second-order valence-electron chi connectivity index (χ2n) is 4.75. The highest BCUT2D eigenvalue weighted by Gasteiger charge is 2.37. The van der Waals surface area contributed by atoms with E-state index >= 15 is 0 Å². The minimum atomic E-state index is -0.509. The smallest absolute Gasteiger partial charge is 0.337 e. The molecule has 0 unspecified atom stereocenters. The molecule has 1 aliphatic heterocycles. The second-order valence-corrected chi connectivity index (χ2v) is 4.75. The zero-order valence-electron chi connectivity index (χ0n) is 12.9. The van der Waals surface area contributed by atoms with Crippen molar-refractivity contribution < 1.29 is 23.9 Å². The van der Waals surface area contributed by atoms with Crippen LogP contribution in [0.4, 0.5) is 5.69 Å². The first-order chi connectivity index (χ1) is 10.4. The summed E-state index contributed by atoms with van der Waals surface area (Å²) in [5, 5.41) is 0. The molecule has 22 heavy (non-hydrogen) atoms. The van der Waals surface area contributed by atoms with E-state index in [0.29, 0.717) is 29.2 Å². The number of carbonyl (C=O) groups excluding carboxylic acids is 3. The zero-order valence-corrected chi connectivity index (χ0v) is 12.9. The molecule has 1 aromatic carbocycles. The lowest BCUT2D eigenvalue weighted by Crippen LogP contribution is -2.31. The summed E-state index contributed by atoms with van der Waals surface area (Å²) in [5.74, 6) is -0.934. The van der Waals surface area contributed by atoms with Crippen LogP contribution in [0.2, 0.25) is 0 Å². The molecule has 2 amide bonds. The average molecular weight is 303 g/mol. The molecule has 0 spiro atoms. The zero-order chi connectivity index (χ0) is 16.4. The van der Waals surface area contributed by atoms with Gasteiger partial charge >= 0.3 is 5.97 Å². The Hall–Kier alpha value is -2.63. The lowest BCUT2D eigenvalue weighted by Gasteiger charge is -2.12. The number of amides is 2. The molecule has 1 aliphatic rings. The molecular weight excluding hydrogens is 286 g/mol. The third-order valence-corrected chi connectivity index (χ3v) is 3.37. The normalized spacial score (nSPS) is 15.5. The van der Waals surface area contributed by atoms with E-state index in [-0.39, 0.29) is 5.57 Å². The number of methoxy groups -OCH3 is 1. The number of carbonyl (C=O) groups is 3. The fraction of sp³-hybridized carbons (Fsp3) is 0.312. The first kappa shape index (κ1) is 15.8. The highest BCUT2D eigenvalue weighted by atomic mass is 16.5. The van der Waals surface area contributed by atoms with Crippen LogP contribution in [0, 0.1) is 0 Å². The SMILES string of the molecule is CCO/C(C)=C1\C(=O)N(C(C)=O)c2ccc(C(=O)OC)cc21. The van der Waals surface area contributed by atoms with Crippen molar-refractivity contribution in [3.05, 3.63) is 35.1 Å². The van der Waals surface area contributed by atoms with Crippen molar-refractivity contribution in [3.8, 4) is 0 Å². The second kappa shape index (κ2) is 6.01. The number of allylic oxidation sites excluding steroid dienone is 1. The largest absolute Gasteiger partial charge is 0.498 e. The third-order valence-electron chi connectivity index (χ3n) is 3.37. The van der Waals surface area contributed by atoms with Crippen LogP contribution in [0.5, 0.6) is 0 Å². The Bertz CT molecular complexity index is 690. The number of hydrogen-bond acceptors (Lipinski definition) is 5. The molecule has 0 fully saturated rings. The Morgan fingerprint density at radius 2 is 1.91 bits per heavy atom. The molecule has 0 aromatic heterocycles. The van der Waals surface area contributed by atoms with Crippen LogP contribution in [0.25, 0.3) is 5.57 Å². The summed E-state index contributed by atoms with van der Waals surface area (Å²) in [6.07, 6.45) is 0. The Morgan fingerprint density at radius 3 is 2.45 bits per heavy atom. The minimum absolute atomic E-state index is 0.290. The number of hydrogen-bond donors (Lipinski definition) is 0. The summed E-state index contributed by atoms with van der Waals surface area (Å²) < 4.78 is 10.1. The lowest BCUT2D eigenvalue weighted by atomic mass is 10.0. The Balaban J connectivity index is 2.67. The predicted octanol–water partition coefficient (Wildman–Crippen LogP) is 2.13. The van der Waals surface area contributed by atoms with Gasteiger partial charge in [0.05, 0.1) is 30.5 Å². The van der Waals surface area contributed by atoms with Gasteiger partial charge in [0.25, 0.3) is 5.91 Å². The first-order valence-electron chi connectivity index (χ1n) is 6.83. The molecule has 0 saturated heterocycles. The quantitative estimate of drug-likeness (QED) is 0.486. The highest BCUT2D eigenvalue weighted by Crippen LogP contribution is 2.39. The van der Waals surface area contributed by atoms with E-state index in [1.54, 1.807) is 26.0 Å². The van der Waals surface area contributed by atoms with E-state index in [2.05, 4.69) is 4.74 Å². The van der Waals surface area contributed by atoms with E-state index in [1.807, 2.05) is 0 Å². The standard InChI is InChI=1S/C16H17NO5/c1-5-22-9(2)14-12-8-11(16(20)21-4)6-7-13(12)17(10(3)18)15(14)19/h6-8H,5H2,1-4H3/b14-9-. The number of esters is 1. The van der Waals surface area contributed by atoms with Crippen LogP contribution in [0.15, 0.2) is 24.0 Å². The maximum Gasteiger partial charge on any atom is 0.337 e. The summed E-state index contributed by atoms with van der Waals surface area (Å²) in [4.78, 5) is 37.0. The molecular formula is C16H17NO5. The summed E-state index contributed by atoms with van der Waals surface area (Å²) in [6.45, 7) is 5.18. The Kier molecular flexibility index (Phi) is 4.30. The van der Waals surface area contributed by atoms with Crippen LogP contribution in [0.1, 0.15) is 36.7 Å². The topological polar surface area (TPSA) is 72.9 Å². The van der Waals surface area contributed by atoms with E-state index < -0.39 is 17.8 Å². The predicted molar refractivity (Wildman–Crippen MR) is 80.2 cm³/mol. The van der Waals surface area contributed by atoms with E-state index in [1.165, 1.54) is 20.1 Å². The first-order valence-corrected chi connectivity index (χ1v) is 6.83. The number of fused-ring (bicyclic) bond motifs is 1. The molecule has 6 nitrogen and oxygen atoms in total. The van der Waals surface area contributed by atoms with Gasteiger partial charge in [-0.1, -0.05) is 0 Å². The van der Waals surface area contributed by atoms with Crippen molar-refractivity contribution in [2.45, 2.75) is 20.8 Å². The van der Waals surface area contributed by atoms with Gasteiger partial charge in [-0.2, -0.15) is 0 Å². The van der Waals surface area contributed by atoms with Crippen molar-refractivity contribution >= 4 is 29.0 Å². The third kappa shape index (κ3) is 2.47. The summed E-state index contributed by atoms with van der Waals surface area (Å²) in [7, 11) is 1.28. The number of anilines is 1. The summed E-state index contributed by atoms with van der Waals surface area (Å²) in [5.41, 5.74) is 1.53. The minimum Gasteiger partial charge on any atom is -0.498 e. The molecule has 116 valence electrons.